The summed E-state index contributed by atoms with van der Waals surface area (Å²) in [5.74, 6) is 0.00408. The molecule has 0 spiro atoms. The molecule has 6 heteroatoms. The van der Waals surface area contributed by atoms with Crippen LogP contribution < -0.4 is 5.73 Å². The summed E-state index contributed by atoms with van der Waals surface area (Å²) in [5, 5.41) is 9.82. The third-order valence-corrected chi connectivity index (χ3v) is 4.21. The molecule has 2 aromatic rings. The molecule has 0 unspecified atom stereocenters. The van der Waals surface area contributed by atoms with Gasteiger partial charge in [-0.1, -0.05) is 30.7 Å². The van der Waals surface area contributed by atoms with E-state index in [0.717, 1.165) is 17.0 Å². The molecule has 3 N–H and O–H groups in total. The third kappa shape index (κ3) is 3.53. The minimum atomic E-state index is -0.721. The lowest BCUT2D eigenvalue weighted by atomic mass is 10.2. The molecule has 0 bridgehead atoms. The zero-order chi connectivity index (χ0) is 16.1. The molecule has 0 saturated carbocycles. The van der Waals surface area contributed by atoms with Crippen molar-refractivity contribution in [1.82, 2.24) is 4.98 Å². The minimum absolute atomic E-state index is 0.0312. The Morgan fingerprint density at radius 1 is 1.32 bits per heavy atom. The fourth-order valence-electron chi connectivity index (χ4n) is 1.97. The summed E-state index contributed by atoms with van der Waals surface area (Å²) in [6.45, 7) is 1.95. The highest BCUT2D eigenvalue weighted by atomic mass is 35.5. The van der Waals surface area contributed by atoms with Crippen molar-refractivity contribution < 1.29 is 4.79 Å². The van der Waals surface area contributed by atoms with Crippen LogP contribution >= 0.6 is 23.4 Å². The first kappa shape index (κ1) is 16.2. The zero-order valence-corrected chi connectivity index (χ0v) is 13.5. The number of hydrogen-bond donors (Lipinski definition) is 2. The van der Waals surface area contributed by atoms with Crippen LogP contribution in [0.25, 0.3) is 16.2 Å². The first-order valence-corrected chi connectivity index (χ1v) is 7.95. The summed E-state index contributed by atoms with van der Waals surface area (Å²) in [6, 6.07) is 13.0. The molecule has 0 aliphatic heterocycles. The topological polar surface area (TPSA) is 82.7 Å². The average Bonchev–Trinajstić information content (AvgIpc) is 2.97. The fourth-order valence-corrected chi connectivity index (χ4v) is 2.95. The number of H-pyrrole nitrogens is 1. The normalized spacial score (nSPS) is 11.7. The minimum Gasteiger partial charge on any atom is -0.365 e. The molecule has 1 aromatic carbocycles. The number of benzene rings is 1. The van der Waals surface area contributed by atoms with Crippen LogP contribution in [0.15, 0.2) is 42.0 Å². The molecule has 0 aliphatic carbocycles. The Morgan fingerprint density at radius 2 is 2.00 bits per heavy atom. The molecule has 1 heterocycles. The lowest BCUT2D eigenvalue weighted by Gasteiger charge is -2.06. The Kier molecular flexibility index (Phi) is 5.31. The molecule has 4 nitrogen and oxygen atoms in total. The lowest BCUT2D eigenvalue weighted by molar-refractivity contribution is -0.114. The molecule has 22 heavy (non-hydrogen) atoms. The molecule has 2 rings (SSSR count). The Balaban J connectivity index is 2.46. The highest BCUT2D eigenvalue weighted by Crippen LogP contribution is 2.32. The summed E-state index contributed by atoms with van der Waals surface area (Å²) in [7, 11) is 0. The number of nitrogens with one attached hydrogen (secondary N) is 1. The van der Waals surface area contributed by atoms with E-state index >= 15 is 0 Å². The zero-order valence-electron chi connectivity index (χ0n) is 11.9. The number of carbonyl (C=O) groups excluding carboxylic acids is 1. The van der Waals surface area contributed by atoms with E-state index in [4.69, 9.17) is 22.6 Å². The van der Waals surface area contributed by atoms with Gasteiger partial charge in [0.25, 0.3) is 5.91 Å². The van der Waals surface area contributed by atoms with Crippen molar-refractivity contribution in [3.63, 3.8) is 0 Å². The van der Waals surface area contributed by atoms with Crippen LogP contribution in [0.1, 0.15) is 12.6 Å². The Bertz CT molecular complexity index is 756. The summed E-state index contributed by atoms with van der Waals surface area (Å²) < 4.78 is 0. The molecule has 1 amide bonds. The van der Waals surface area contributed by atoms with Gasteiger partial charge >= 0.3 is 0 Å². The van der Waals surface area contributed by atoms with E-state index in [1.54, 1.807) is 12.1 Å². The van der Waals surface area contributed by atoms with Crippen LogP contribution in [0.3, 0.4) is 0 Å². The number of rotatable bonds is 5. The molecule has 0 atom stereocenters. The van der Waals surface area contributed by atoms with Gasteiger partial charge in [0.1, 0.15) is 11.6 Å². The molecule has 0 aliphatic rings. The van der Waals surface area contributed by atoms with Gasteiger partial charge in [-0.05, 0) is 35.6 Å². The maximum absolute atomic E-state index is 11.4. The van der Waals surface area contributed by atoms with E-state index < -0.39 is 5.91 Å². The van der Waals surface area contributed by atoms with Crippen molar-refractivity contribution >= 4 is 34.2 Å². The number of hydrogen-bond acceptors (Lipinski definition) is 3. The summed E-state index contributed by atoms with van der Waals surface area (Å²) in [4.78, 5) is 15.2. The number of thioether (sulfide) groups is 1. The Labute approximate surface area is 138 Å². The van der Waals surface area contributed by atoms with Gasteiger partial charge in [-0.25, -0.2) is 0 Å². The van der Waals surface area contributed by atoms with Crippen molar-refractivity contribution in [3.05, 3.63) is 52.7 Å². The van der Waals surface area contributed by atoms with Crippen molar-refractivity contribution in [1.29, 1.82) is 5.26 Å². The van der Waals surface area contributed by atoms with E-state index in [1.807, 2.05) is 37.3 Å². The Hall–Kier alpha value is -2.16. The average molecular weight is 332 g/mol. The number of halogens is 1. The smallest absolute Gasteiger partial charge is 0.260 e. The number of carbonyl (C=O) groups is 1. The lowest BCUT2D eigenvalue weighted by Crippen LogP contribution is -2.14. The Morgan fingerprint density at radius 3 is 2.55 bits per heavy atom. The molecule has 0 radical (unpaired) electrons. The quantitative estimate of drug-likeness (QED) is 0.645. The van der Waals surface area contributed by atoms with Gasteiger partial charge in [0.05, 0.1) is 10.6 Å². The van der Waals surface area contributed by atoms with Gasteiger partial charge < -0.3 is 10.7 Å². The van der Waals surface area contributed by atoms with E-state index in [0.29, 0.717) is 15.6 Å². The predicted molar refractivity (Wildman–Crippen MR) is 91.1 cm³/mol. The number of nitrogens with two attached hydrogens (primary N) is 1. The van der Waals surface area contributed by atoms with Crippen molar-refractivity contribution in [3.8, 4) is 17.3 Å². The SMILES string of the molecule is CCS/C(=C(/C#N)C(N)=O)c1ccc(-c2ccc(Cl)cc2)[nH]1. The summed E-state index contributed by atoms with van der Waals surface area (Å²) in [5.41, 5.74) is 7.80. The number of aromatic amines is 1. The van der Waals surface area contributed by atoms with Crippen LogP contribution in [0.5, 0.6) is 0 Å². The van der Waals surface area contributed by atoms with Gasteiger partial charge in [0, 0.05) is 10.7 Å². The van der Waals surface area contributed by atoms with E-state index in [-0.39, 0.29) is 5.57 Å². The molecule has 112 valence electrons. The maximum atomic E-state index is 11.4. The second-order valence-corrected chi connectivity index (χ2v) is 6.12. The van der Waals surface area contributed by atoms with Gasteiger partial charge in [0.2, 0.25) is 0 Å². The van der Waals surface area contributed by atoms with E-state index in [2.05, 4.69) is 4.98 Å². The van der Waals surface area contributed by atoms with Crippen LogP contribution in [0, 0.1) is 11.3 Å². The molecule has 1 aromatic heterocycles. The molecular weight excluding hydrogens is 318 g/mol. The number of amides is 1. The van der Waals surface area contributed by atoms with Gasteiger partial charge in [-0.15, -0.1) is 11.8 Å². The molecule has 0 saturated heterocycles. The standard InChI is InChI=1S/C16H14ClN3OS/c1-2-22-15(12(9-18)16(19)21)14-8-7-13(20-14)10-3-5-11(17)6-4-10/h3-8,20H,2H2,1H3,(H2,19,21)/b15-12-. The molecule has 0 fully saturated rings. The number of aromatic nitrogens is 1. The number of primary amides is 1. The van der Waals surface area contributed by atoms with Crippen LogP contribution in [-0.4, -0.2) is 16.6 Å². The van der Waals surface area contributed by atoms with Gasteiger partial charge in [-0.3, -0.25) is 4.79 Å². The van der Waals surface area contributed by atoms with E-state index in [1.165, 1.54) is 11.8 Å². The molecular formula is C16H14ClN3OS. The van der Waals surface area contributed by atoms with Crippen LogP contribution in [-0.2, 0) is 4.79 Å². The van der Waals surface area contributed by atoms with Crippen molar-refractivity contribution in [2.45, 2.75) is 6.92 Å². The van der Waals surface area contributed by atoms with Gasteiger partial charge in [0.15, 0.2) is 0 Å². The maximum Gasteiger partial charge on any atom is 0.260 e. The number of nitriles is 1. The van der Waals surface area contributed by atoms with Crippen molar-refractivity contribution in [2.75, 3.05) is 5.75 Å². The number of nitrogens with zero attached hydrogens (tertiary/aromatic N) is 1. The summed E-state index contributed by atoms with van der Waals surface area (Å²) >= 11 is 7.29. The van der Waals surface area contributed by atoms with Crippen LogP contribution in [0.2, 0.25) is 5.02 Å². The van der Waals surface area contributed by atoms with Crippen LogP contribution in [0.4, 0.5) is 0 Å². The highest BCUT2D eigenvalue weighted by molar-refractivity contribution is 8.08. The third-order valence-electron chi connectivity index (χ3n) is 2.96. The van der Waals surface area contributed by atoms with E-state index in [9.17, 15) is 4.79 Å². The first-order valence-electron chi connectivity index (χ1n) is 6.59. The summed E-state index contributed by atoms with van der Waals surface area (Å²) in [6.07, 6.45) is 0. The van der Waals surface area contributed by atoms with Gasteiger partial charge in [-0.2, -0.15) is 5.26 Å². The van der Waals surface area contributed by atoms with Crippen molar-refractivity contribution in [2.24, 2.45) is 5.73 Å². The second kappa shape index (κ2) is 7.21. The fraction of sp³-hybridized carbons (Fsp3) is 0.125. The first-order chi connectivity index (χ1) is 10.6. The largest absolute Gasteiger partial charge is 0.365 e. The highest BCUT2D eigenvalue weighted by Gasteiger charge is 2.16. The second-order valence-electron chi connectivity index (χ2n) is 4.41. The predicted octanol–water partition coefficient (Wildman–Crippen LogP) is 3.81. The monoisotopic (exact) mass is 331 g/mol.